The van der Waals surface area contributed by atoms with Crippen LogP contribution in [0.4, 0.5) is 10.5 Å². The van der Waals surface area contributed by atoms with Crippen LogP contribution in [0.1, 0.15) is 35.6 Å². The van der Waals surface area contributed by atoms with Gasteiger partial charge in [-0.25, -0.2) is 4.79 Å². The largest absolute Gasteiger partial charge is 0.322 e. The number of amides is 2. The fraction of sp³-hybridized carbons (Fsp3) is 0.296. The summed E-state index contributed by atoms with van der Waals surface area (Å²) in [5.41, 5.74) is 4.38. The Kier molecular flexibility index (Phi) is 6.29. The minimum Gasteiger partial charge on any atom is -0.310 e. The third kappa shape index (κ3) is 4.59. The molecule has 0 aliphatic carbocycles. The Hall–Kier alpha value is -2.96. The van der Waals surface area contributed by atoms with E-state index in [1.54, 1.807) is 6.26 Å². The van der Waals surface area contributed by atoms with Crippen molar-refractivity contribution in [3.63, 3.8) is 0 Å². The molecule has 5 rings (SSSR count). The summed E-state index contributed by atoms with van der Waals surface area (Å²) in [7, 11) is -0.969. The van der Waals surface area contributed by atoms with Gasteiger partial charge in [0.2, 0.25) is 0 Å². The normalized spacial score (nSPS) is 20.2. The van der Waals surface area contributed by atoms with Crippen molar-refractivity contribution in [1.29, 1.82) is 0 Å². The standard InChI is InChI=1S/C27H29N3O2S/c1-33(32)23-11-7-8-20(18-23)19-29-16-14-22(15-17-29)30-26(21-9-3-2-4-10-21)24-12-5-6-13-25(24)28-27(30)31/h2-13,18,22,26H,14-17,19H2,1H3,(H,28,31). The Morgan fingerprint density at radius 2 is 1.67 bits per heavy atom. The van der Waals surface area contributed by atoms with Crippen LogP contribution in [0.3, 0.4) is 0 Å². The highest BCUT2D eigenvalue weighted by atomic mass is 32.2. The van der Waals surface area contributed by atoms with Crippen LogP contribution in [0.5, 0.6) is 0 Å². The second-order valence-corrected chi connectivity index (χ2v) is 10.2. The average Bonchev–Trinajstić information content (AvgIpc) is 2.84. The summed E-state index contributed by atoms with van der Waals surface area (Å²) in [5, 5.41) is 3.12. The molecule has 1 N–H and O–H groups in total. The Labute approximate surface area is 197 Å². The van der Waals surface area contributed by atoms with Gasteiger partial charge in [-0.2, -0.15) is 0 Å². The molecule has 2 amide bonds. The van der Waals surface area contributed by atoms with Gasteiger partial charge in [0.25, 0.3) is 0 Å². The summed E-state index contributed by atoms with van der Waals surface area (Å²) in [5.74, 6) is 0. The SMILES string of the molecule is CS(=O)c1cccc(CN2CCC(N3C(=O)Nc4ccccc4C3c3ccccc3)CC2)c1. The van der Waals surface area contributed by atoms with Crippen LogP contribution in [-0.2, 0) is 17.3 Å². The highest BCUT2D eigenvalue weighted by Gasteiger charge is 2.39. The van der Waals surface area contributed by atoms with Gasteiger partial charge in [-0.3, -0.25) is 9.11 Å². The lowest BCUT2D eigenvalue weighted by atomic mass is 9.90. The highest BCUT2D eigenvalue weighted by molar-refractivity contribution is 7.84. The number of carbonyl (C=O) groups excluding carboxylic acids is 1. The number of para-hydroxylation sites is 1. The number of anilines is 1. The van der Waals surface area contributed by atoms with Crippen molar-refractivity contribution in [1.82, 2.24) is 9.80 Å². The highest BCUT2D eigenvalue weighted by Crippen LogP contribution is 2.40. The zero-order chi connectivity index (χ0) is 22.8. The molecular formula is C27H29N3O2S. The summed E-state index contributed by atoms with van der Waals surface area (Å²) in [6.07, 6.45) is 3.58. The van der Waals surface area contributed by atoms with Gasteiger partial charge in [0.15, 0.2) is 0 Å². The number of rotatable bonds is 5. The van der Waals surface area contributed by atoms with Gasteiger partial charge in [-0.1, -0.05) is 60.7 Å². The maximum atomic E-state index is 13.3. The predicted octanol–water partition coefficient (Wildman–Crippen LogP) is 5.03. The number of piperidine rings is 1. The number of nitrogens with one attached hydrogen (secondary N) is 1. The van der Waals surface area contributed by atoms with Gasteiger partial charge in [0.1, 0.15) is 0 Å². The number of benzene rings is 3. The molecule has 2 atom stereocenters. The van der Waals surface area contributed by atoms with Gasteiger partial charge in [-0.15, -0.1) is 0 Å². The summed E-state index contributed by atoms with van der Waals surface area (Å²) in [4.78, 5) is 18.7. The molecule has 0 saturated carbocycles. The van der Waals surface area contributed by atoms with Crippen LogP contribution in [0, 0.1) is 0 Å². The maximum absolute atomic E-state index is 13.3. The first-order valence-electron chi connectivity index (χ1n) is 11.5. The van der Waals surface area contributed by atoms with Crippen LogP contribution in [0.15, 0.2) is 83.8 Å². The van der Waals surface area contributed by atoms with E-state index in [1.807, 2.05) is 54.6 Å². The Bertz CT molecular complexity index is 1160. The molecule has 6 heteroatoms. The Morgan fingerprint density at radius 3 is 2.42 bits per heavy atom. The van der Waals surface area contributed by atoms with E-state index in [0.29, 0.717) is 0 Å². The summed E-state index contributed by atoms with van der Waals surface area (Å²) >= 11 is 0. The van der Waals surface area contributed by atoms with Crippen molar-refractivity contribution in [3.05, 3.63) is 95.6 Å². The van der Waals surface area contributed by atoms with Crippen molar-refractivity contribution in [3.8, 4) is 0 Å². The molecule has 0 radical (unpaired) electrons. The molecule has 5 nitrogen and oxygen atoms in total. The van der Waals surface area contributed by atoms with Crippen molar-refractivity contribution >= 4 is 22.5 Å². The van der Waals surface area contributed by atoms with E-state index in [2.05, 4.69) is 39.4 Å². The summed E-state index contributed by atoms with van der Waals surface area (Å²) < 4.78 is 11.8. The topological polar surface area (TPSA) is 52.7 Å². The fourth-order valence-corrected chi connectivity index (χ4v) is 5.67. The van der Waals surface area contributed by atoms with E-state index in [4.69, 9.17) is 0 Å². The molecule has 0 aromatic heterocycles. The van der Waals surface area contributed by atoms with Crippen LogP contribution >= 0.6 is 0 Å². The number of likely N-dealkylation sites (tertiary alicyclic amines) is 1. The first kappa shape index (κ1) is 21.9. The maximum Gasteiger partial charge on any atom is 0.322 e. The van der Waals surface area contributed by atoms with E-state index in [-0.39, 0.29) is 18.1 Å². The third-order valence-electron chi connectivity index (χ3n) is 6.71. The quantitative estimate of drug-likeness (QED) is 0.583. The molecule has 2 unspecified atom stereocenters. The van der Waals surface area contributed by atoms with Gasteiger partial charge < -0.3 is 10.2 Å². The van der Waals surface area contributed by atoms with Crippen molar-refractivity contribution in [2.45, 2.75) is 36.4 Å². The first-order valence-corrected chi connectivity index (χ1v) is 13.0. The van der Waals surface area contributed by atoms with Crippen LogP contribution in [-0.4, -0.2) is 45.4 Å². The number of hydrogen-bond acceptors (Lipinski definition) is 3. The monoisotopic (exact) mass is 459 g/mol. The fourth-order valence-electron chi connectivity index (χ4n) is 5.08. The van der Waals surface area contributed by atoms with E-state index in [1.165, 1.54) is 5.56 Å². The van der Waals surface area contributed by atoms with Gasteiger partial charge in [0, 0.05) is 58.9 Å². The lowest BCUT2D eigenvalue weighted by molar-refractivity contribution is 0.106. The smallest absolute Gasteiger partial charge is 0.310 e. The number of nitrogens with zero attached hydrogens (tertiary/aromatic N) is 2. The number of urea groups is 1. The molecule has 3 aromatic rings. The average molecular weight is 460 g/mol. The van der Waals surface area contributed by atoms with Gasteiger partial charge in [0.05, 0.1) is 6.04 Å². The summed E-state index contributed by atoms with van der Waals surface area (Å²) in [6.45, 7) is 2.70. The van der Waals surface area contributed by atoms with E-state index < -0.39 is 10.8 Å². The lowest BCUT2D eigenvalue weighted by Gasteiger charge is -2.45. The zero-order valence-electron chi connectivity index (χ0n) is 18.8. The molecular weight excluding hydrogens is 430 g/mol. The number of carbonyl (C=O) groups is 1. The molecule has 2 aliphatic heterocycles. The van der Waals surface area contributed by atoms with E-state index in [0.717, 1.165) is 54.2 Å². The minimum absolute atomic E-state index is 0.0147. The Morgan fingerprint density at radius 1 is 0.939 bits per heavy atom. The van der Waals surface area contributed by atoms with Crippen LogP contribution in [0.25, 0.3) is 0 Å². The zero-order valence-corrected chi connectivity index (χ0v) is 19.6. The molecule has 2 aliphatic rings. The second kappa shape index (κ2) is 9.49. The van der Waals surface area contributed by atoms with Crippen molar-refractivity contribution < 1.29 is 9.00 Å². The molecule has 0 bridgehead atoms. The summed E-state index contributed by atoms with van der Waals surface area (Å²) in [6, 6.07) is 26.6. The molecule has 170 valence electrons. The molecule has 1 saturated heterocycles. The number of hydrogen-bond donors (Lipinski definition) is 1. The van der Waals surface area contributed by atoms with E-state index >= 15 is 0 Å². The van der Waals surface area contributed by atoms with Crippen LogP contribution in [0.2, 0.25) is 0 Å². The molecule has 1 fully saturated rings. The molecule has 2 heterocycles. The number of fused-ring (bicyclic) bond motifs is 1. The van der Waals surface area contributed by atoms with E-state index in [9.17, 15) is 9.00 Å². The molecule has 0 spiro atoms. The molecule has 3 aromatic carbocycles. The first-order chi connectivity index (χ1) is 16.1. The minimum atomic E-state index is -0.969. The third-order valence-corrected chi connectivity index (χ3v) is 7.63. The van der Waals surface area contributed by atoms with Gasteiger partial charge >= 0.3 is 6.03 Å². The molecule has 33 heavy (non-hydrogen) atoms. The predicted molar refractivity (Wildman–Crippen MR) is 133 cm³/mol. The van der Waals surface area contributed by atoms with Gasteiger partial charge in [-0.05, 0) is 42.2 Å². The Balaban J connectivity index is 1.34. The second-order valence-electron chi connectivity index (χ2n) is 8.85. The lowest BCUT2D eigenvalue weighted by Crippen LogP contribution is -2.52. The van der Waals surface area contributed by atoms with Crippen molar-refractivity contribution in [2.75, 3.05) is 24.7 Å². The van der Waals surface area contributed by atoms with Crippen molar-refractivity contribution in [2.24, 2.45) is 0 Å². The van der Waals surface area contributed by atoms with Crippen LogP contribution < -0.4 is 5.32 Å².